The third-order valence-electron chi connectivity index (χ3n) is 6.79. The van der Waals surface area contributed by atoms with Crippen molar-refractivity contribution in [3.63, 3.8) is 0 Å². The molecule has 23 heavy (non-hydrogen) atoms. The summed E-state index contributed by atoms with van der Waals surface area (Å²) in [4.78, 5) is 0. The fourth-order valence-corrected chi connectivity index (χ4v) is 13.6. The third kappa shape index (κ3) is 4.33. The Hall–Kier alpha value is 0.390. The van der Waals surface area contributed by atoms with Crippen LogP contribution in [-0.2, 0) is 4.52 Å². The van der Waals surface area contributed by atoms with Crippen LogP contribution in [0.15, 0.2) is 0 Å². The van der Waals surface area contributed by atoms with Crippen molar-refractivity contribution in [2.45, 2.75) is 134 Å². The van der Waals surface area contributed by atoms with Crippen molar-refractivity contribution in [3.8, 4) is 0 Å². The summed E-state index contributed by atoms with van der Waals surface area (Å²) in [6, 6.07) is 0. The van der Waals surface area contributed by atoms with Crippen LogP contribution in [0.25, 0.3) is 0 Å². The molecular formula is C21H43OP. The van der Waals surface area contributed by atoms with Gasteiger partial charge in [0.25, 0.3) is 0 Å². The number of hydrogen-bond donors (Lipinski definition) is 0. The van der Waals surface area contributed by atoms with Crippen molar-refractivity contribution < 1.29 is 4.52 Å². The quantitative estimate of drug-likeness (QED) is 0.440. The molecule has 2 aliphatic carbocycles. The van der Waals surface area contributed by atoms with E-state index in [0.29, 0.717) is 11.3 Å². The van der Waals surface area contributed by atoms with Gasteiger partial charge in [0.1, 0.15) is 0 Å². The van der Waals surface area contributed by atoms with Crippen LogP contribution in [0, 0.1) is 0 Å². The Balaban J connectivity index is 2.41. The summed E-state index contributed by atoms with van der Waals surface area (Å²) in [6.45, 7) is 12.2. The zero-order chi connectivity index (χ0) is 16.9. The van der Waals surface area contributed by atoms with Gasteiger partial charge in [-0.2, -0.15) is 0 Å². The SMILES string of the molecule is CCCC(C)(C)[PH](OC(C)C)(C1CCCCC1)C1CCCCC1. The molecule has 0 saturated heterocycles. The van der Waals surface area contributed by atoms with E-state index in [1.807, 2.05) is 0 Å². The van der Waals surface area contributed by atoms with E-state index in [4.69, 9.17) is 4.52 Å². The van der Waals surface area contributed by atoms with E-state index < -0.39 is 7.49 Å². The first kappa shape index (κ1) is 19.7. The Morgan fingerprint density at radius 2 is 1.30 bits per heavy atom. The molecule has 1 nitrogen and oxygen atoms in total. The fraction of sp³-hybridized carbons (Fsp3) is 1.00. The summed E-state index contributed by atoms with van der Waals surface area (Å²) in [7, 11) is -1.81. The standard InChI is InChI=1S/C21H43OP/c1-6-17-21(4,5)23(22-18(2)3,19-13-9-7-10-14-19)20-15-11-8-12-16-20/h18-20,23H,6-17H2,1-5H3. The second-order valence-corrected chi connectivity index (χ2v) is 14.1. The van der Waals surface area contributed by atoms with Crippen LogP contribution < -0.4 is 0 Å². The summed E-state index contributed by atoms with van der Waals surface area (Å²) < 4.78 is 7.17. The van der Waals surface area contributed by atoms with Gasteiger partial charge >= 0.3 is 146 Å². The molecule has 2 heteroatoms. The molecule has 0 atom stereocenters. The van der Waals surface area contributed by atoms with Crippen molar-refractivity contribution >= 4 is 7.49 Å². The average molecular weight is 343 g/mol. The zero-order valence-electron chi connectivity index (χ0n) is 16.6. The molecule has 0 aromatic heterocycles. The van der Waals surface area contributed by atoms with Crippen LogP contribution >= 0.6 is 7.49 Å². The van der Waals surface area contributed by atoms with Gasteiger partial charge in [-0.25, -0.2) is 0 Å². The van der Waals surface area contributed by atoms with Crippen LogP contribution in [0.5, 0.6) is 0 Å². The van der Waals surface area contributed by atoms with Crippen LogP contribution in [-0.4, -0.2) is 22.6 Å². The third-order valence-corrected chi connectivity index (χ3v) is 13.6. The predicted molar refractivity (Wildman–Crippen MR) is 107 cm³/mol. The van der Waals surface area contributed by atoms with E-state index in [-0.39, 0.29) is 0 Å². The van der Waals surface area contributed by atoms with Crippen molar-refractivity contribution in [1.29, 1.82) is 0 Å². The first-order valence-electron chi connectivity index (χ1n) is 10.6. The Morgan fingerprint density at radius 3 is 1.65 bits per heavy atom. The maximum absolute atomic E-state index is 7.17. The topological polar surface area (TPSA) is 9.23 Å². The first-order valence-corrected chi connectivity index (χ1v) is 12.7. The van der Waals surface area contributed by atoms with Gasteiger partial charge in [-0.3, -0.25) is 0 Å². The Bertz CT molecular complexity index is 320. The van der Waals surface area contributed by atoms with E-state index in [9.17, 15) is 0 Å². The van der Waals surface area contributed by atoms with Crippen molar-refractivity contribution in [1.82, 2.24) is 0 Å². The molecule has 0 spiro atoms. The van der Waals surface area contributed by atoms with E-state index in [0.717, 1.165) is 11.3 Å². The molecule has 0 radical (unpaired) electrons. The Morgan fingerprint density at radius 1 is 0.870 bits per heavy atom. The average Bonchev–Trinajstić information content (AvgIpc) is 2.54. The van der Waals surface area contributed by atoms with Gasteiger partial charge in [0.15, 0.2) is 0 Å². The molecule has 0 amide bonds. The summed E-state index contributed by atoms with van der Waals surface area (Å²) in [5, 5.41) is 0.427. The van der Waals surface area contributed by atoms with E-state index >= 15 is 0 Å². The normalized spacial score (nSPS) is 23.4. The molecule has 0 aromatic rings. The predicted octanol–water partition coefficient (Wildman–Crippen LogP) is 7.32. The van der Waals surface area contributed by atoms with Crippen molar-refractivity contribution in [2.24, 2.45) is 0 Å². The molecule has 0 N–H and O–H groups in total. The molecule has 0 bridgehead atoms. The summed E-state index contributed by atoms with van der Waals surface area (Å²) in [6.07, 6.45) is 17.7. The maximum atomic E-state index is 7.17. The monoisotopic (exact) mass is 342 g/mol. The molecule has 0 aromatic carbocycles. The second kappa shape index (κ2) is 8.66. The van der Waals surface area contributed by atoms with Crippen molar-refractivity contribution in [3.05, 3.63) is 0 Å². The molecule has 2 fully saturated rings. The van der Waals surface area contributed by atoms with Gasteiger partial charge in [0.2, 0.25) is 0 Å². The molecule has 2 saturated carbocycles. The van der Waals surface area contributed by atoms with Gasteiger partial charge in [-0.15, -0.1) is 0 Å². The molecular weight excluding hydrogens is 299 g/mol. The number of hydrogen-bond acceptors (Lipinski definition) is 1. The first-order chi connectivity index (χ1) is 10.9. The number of rotatable bonds is 7. The van der Waals surface area contributed by atoms with Crippen LogP contribution in [0.4, 0.5) is 0 Å². The minimum absolute atomic E-state index is 0.404. The van der Waals surface area contributed by atoms with Crippen LogP contribution in [0.1, 0.15) is 112 Å². The summed E-state index contributed by atoms with van der Waals surface area (Å²) >= 11 is 0. The van der Waals surface area contributed by atoms with E-state index in [1.165, 1.54) is 77.0 Å². The van der Waals surface area contributed by atoms with E-state index in [2.05, 4.69) is 34.6 Å². The summed E-state index contributed by atoms with van der Waals surface area (Å²) in [5.74, 6) is 0. The minimum atomic E-state index is -1.81. The van der Waals surface area contributed by atoms with Gasteiger partial charge in [-0.1, -0.05) is 0 Å². The van der Waals surface area contributed by atoms with E-state index in [1.54, 1.807) is 0 Å². The molecule has 138 valence electrons. The summed E-state index contributed by atoms with van der Waals surface area (Å²) in [5.41, 5.74) is 1.84. The second-order valence-electron chi connectivity index (χ2n) is 9.26. The fourth-order valence-electron chi connectivity index (χ4n) is 6.06. The Labute approximate surface area is 146 Å². The van der Waals surface area contributed by atoms with Gasteiger partial charge < -0.3 is 0 Å². The zero-order valence-corrected chi connectivity index (χ0v) is 17.6. The van der Waals surface area contributed by atoms with Crippen molar-refractivity contribution in [2.75, 3.05) is 0 Å². The Kier molecular flexibility index (Phi) is 7.42. The molecule has 0 unspecified atom stereocenters. The van der Waals surface area contributed by atoms with Crippen LogP contribution in [0.2, 0.25) is 0 Å². The molecule has 2 aliphatic rings. The van der Waals surface area contributed by atoms with Gasteiger partial charge in [-0.05, 0) is 0 Å². The molecule has 0 heterocycles. The van der Waals surface area contributed by atoms with Gasteiger partial charge in [0, 0.05) is 0 Å². The molecule has 2 rings (SSSR count). The van der Waals surface area contributed by atoms with Gasteiger partial charge in [0.05, 0.1) is 0 Å². The van der Waals surface area contributed by atoms with Crippen LogP contribution in [0.3, 0.4) is 0 Å². The molecule has 0 aliphatic heterocycles.